The summed E-state index contributed by atoms with van der Waals surface area (Å²) in [7, 11) is 0. The fourth-order valence-corrected chi connectivity index (χ4v) is 2.77. The summed E-state index contributed by atoms with van der Waals surface area (Å²) in [5.41, 5.74) is 0.584. The molecule has 0 amide bonds. The van der Waals surface area contributed by atoms with E-state index in [1.807, 2.05) is 0 Å². The molecule has 6 heteroatoms. The maximum Gasteiger partial charge on any atom is 0.337 e. The second kappa shape index (κ2) is 9.02. The Morgan fingerprint density at radius 3 is 2.57 bits per heavy atom. The van der Waals surface area contributed by atoms with Gasteiger partial charge in [0.2, 0.25) is 0 Å². The van der Waals surface area contributed by atoms with Gasteiger partial charge in [-0.2, -0.15) is 0 Å². The van der Waals surface area contributed by atoms with E-state index in [-0.39, 0.29) is 31.2 Å². The van der Waals surface area contributed by atoms with Crippen molar-refractivity contribution in [3.05, 3.63) is 11.8 Å². The third-order valence-electron chi connectivity index (χ3n) is 3.92. The van der Waals surface area contributed by atoms with E-state index in [4.69, 9.17) is 14.6 Å². The van der Waals surface area contributed by atoms with Crippen LogP contribution in [0.25, 0.3) is 0 Å². The van der Waals surface area contributed by atoms with Crippen molar-refractivity contribution in [2.75, 3.05) is 39.4 Å². The Kier molecular flexibility index (Phi) is 6.99. The summed E-state index contributed by atoms with van der Waals surface area (Å²) in [6.45, 7) is 3.60. The molecule has 2 aliphatic rings. The van der Waals surface area contributed by atoms with Gasteiger partial charge in [-0.05, 0) is 38.8 Å². The standard InChI is InChI=1S/C15H26N2O4/c18-7-8-20-11-14(12-3-1-5-16-9-12)15(19)21-13-4-2-6-17-10-13/h11-13,16-18H,1-10H2. The molecule has 0 aromatic rings. The van der Waals surface area contributed by atoms with Crippen molar-refractivity contribution in [1.29, 1.82) is 0 Å². The molecular formula is C15H26N2O4. The van der Waals surface area contributed by atoms with Crippen LogP contribution in [0.15, 0.2) is 11.8 Å². The zero-order chi connectivity index (χ0) is 14.9. The smallest absolute Gasteiger partial charge is 0.337 e. The molecular weight excluding hydrogens is 272 g/mol. The van der Waals surface area contributed by atoms with Gasteiger partial charge in [0.1, 0.15) is 12.7 Å². The molecule has 0 aliphatic carbocycles. The van der Waals surface area contributed by atoms with Crippen LogP contribution in [0.2, 0.25) is 0 Å². The summed E-state index contributed by atoms with van der Waals surface area (Å²) in [6.07, 6.45) is 5.37. The molecule has 0 aromatic heterocycles. The van der Waals surface area contributed by atoms with E-state index in [0.717, 1.165) is 51.9 Å². The molecule has 2 unspecified atom stereocenters. The number of esters is 1. The van der Waals surface area contributed by atoms with Crippen LogP contribution < -0.4 is 10.6 Å². The Labute approximate surface area is 125 Å². The van der Waals surface area contributed by atoms with Crippen LogP contribution in [0, 0.1) is 5.92 Å². The predicted molar refractivity (Wildman–Crippen MR) is 78.7 cm³/mol. The van der Waals surface area contributed by atoms with Crippen LogP contribution in [0.4, 0.5) is 0 Å². The molecule has 0 radical (unpaired) electrons. The van der Waals surface area contributed by atoms with Gasteiger partial charge in [0, 0.05) is 19.0 Å². The number of aliphatic hydroxyl groups is 1. The largest absolute Gasteiger partial charge is 0.498 e. The molecule has 2 saturated heterocycles. The van der Waals surface area contributed by atoms with Crippen LogP contribution in [0.5, 0.6) is 0 Å². The number of piperidine rings is 2. The van der Waals surface area contributed by atoms with Gasteiger partial charge in [-0.3, -0.25) is 0 Å². The van der Waals surface area contributed by atoms with Crippen molar-refractivity contribution in [2.24, 2.45) is 5.92 Å². The molecule has 2 rings (SSSR count). The fourth-order valence-electron chi connectivity index (χ4n) is 2.77. The minimum atomic E-state index is -0.282. The second-order valence-electron chi connectivity index (χ2n) is 5.58. The predicted octanol–water partition coefficient (Wildman–Crippen LogP) is 0.174. The van der Waals surface area contributed by atoms with Gasteiger partial charge < -0.3 is 25.2 Å². The third kappa shape index (κ3) is 5.30. The van der Waals surface area contributed by atoms with E-state index in [1.165, 1.54) is 6.26 Å². The normalized spacial score (nSPS) is 27.2. The molecule has 21 heavy (non-hydrogen) atoms. The summed E-state index contributed by atoms with van der Waals surface area (Å²) < 4.78 is 10.8. The first kappa shape index (κ1) is 16.3. The van der Waals surface area contributed by atoms with Gasteiger partial charge >= 0.3 is 5.97 Å². The molecule has 0 aromatic carbocycles. The van der Waals surface area contributed by atoms with Gasteiger partial charge in [-0.25, -0.2) is 4.79 Å². The zero-order valence-corrected chi connectivity index (χ0v) is 12.5. The molecule has 2 heterocycles. The quantitative estimate of drug-likeness (QED) is 0.281. The number of aliphatic hydroxyl groups excluding tert-OH is 1. The zero-order valence-electron chi connectivity index (χ0n) is 12.5. The Hall–Kier alpha value is -1.11. The van der Waals surface area contributed by atoms with Crippen molar-refractivity contribution in [2.45, 2.75) is 31.8 Å². The minimum Gasteiger partial charge on any atom is -0.498 e. The lowest BCUT2D eigenvalue weighted by Crippen LogP contribution is -2.38. The molecule has 0 spiro atoms. The first-order chi connectivity index (χ1) is 10.3. The highest BCUT2D eigenvalue weighted by molar-refractivity contribution is 5.89. The highest BCUT2D eigenvalue weighted by atomic mass is 16.5. The Morgan fingerprint density at radius 2 is 1.95 bits per heavy atom. The number of hydrogen-bond donors (Lipinski definition) is 3. The average molecular weight is 298 g/mol. The number of nitrogens with one attached hydrogen (secondary N) is 2. The van der Waals surface area contributed by atoms with Crippen molar-refractivity contribution >= 4 is 5.97 Å². The van der Waals surface area contributed by atoms with Gasteiger partial charge in [0.25, 0.3) is 0 Å². The summed E-state index contributed by atoms with van der Waals surface area (Å²) in [4.78, 5) is 12.4. The van der Waals surface area contributed by atoms with Crippen LogP contribution in [-0.2, 0) is 14.3 Å². The second-order valence-corrected chi connectivity index (χ2v) is 5.58. The monoisotopic (exact) mass is 298 g/mol. The molecule has 2 atom stereocenters. The molecule has 2 aliphatic heterocycles. The fraction of sp³-hybridized carbons (Fsp3) is 0.800. The average Bonchev–Trinajstić information content (AvgIpc) is 2.53. The van der Waals surface area contributed by atoms with Gasteiger partial charge in [0.05, 0.1) is 18.4 Å². The first-order valence-corrected chi connectivity index (χ1v) is 7.86. The van der Waals surface area contributed by atoms with E-state index in [0.29, 0.717) is 5.57 Å². The van der Waals surface area contributed by atoms with Crippen LogP contribution in [0.3, 0.4) is 0 Å². The maximum absolute atomic E-state index is 12.4. The Bertz CT molecular complexity index is 348. The van der Waals surface area contributed by atoms with E-state index in [1.54, 1.807) is 0 Å². The van der Waals surface area contributed by atoms with Crippen LogP contribution >= 0.6 is 0 Å². The SMILES string of the molecule is O=C(OC1CCCNC1)C(=COCCO)C1CCCNC1. The Balaban J connectivity index is 1.95. The van der Waals surface area contributed by atoms with Crippen molar-refractivity contribution in [1.82, 2.24) is 10.6 Å². The van der Waals surface area contributed by atoms with E-state index >= 15 is 0 Å². The number of hydrogen-bond acceptors (Lipinski definition) is 6. The Morgan fingerprint density at radius 1 is 1.19 bits per heavy atom. The van der Waals surface area contributed by atoms with E-state index < -0.39 is 0 Å². The van der Waals surface area contributed by atoms with E-state index in [2.05, 4.69) is 10.6 Å². The molecule has 2 fully saturated rings. The highest BCUT2D eigenvalue weighted by Crippen LogP contribution is 2.22. The first-order valence-electron chi connectivity index (χ1n) is 7.86. The molecule has 6 nitrogen and oxygen atoms in total. The molecule has 3 N–H and O–H groups in total. The number of carbonyl (C=O) groups is 1. The summed E-state index contributed by atoms with van der Waals surface area (Å²) in [5.74, 6) is -0.156. The minimum absolute atomic E-state index is 0.0518. The lowest BCUT2D eigenvalue weighted by Gasteiger charge is -2.27. The van der Waals surface area contributed by atoms with Crippen LogP contribution in [-0.4, -0.2) is 56.6 Å². The van der Waals surface area contributed by atoms with Crippen molar-refractivity contribution < 1.29 is 19.4 Å². The number of carbonyl (C=O) groups excluding carboxylic acids is 1. The third-order valence-corrected chi connectivity index (χ3v) is 3.92. The van der Waals surface area contributed by atoms with Crippen LogP contribution in [0.1, 0.15) is 25.7 Å². The van der Waals surface area contributed by atoms with Gasteiger partial charge in [0.15, 0.2) is 0 Å². The summed E-state index contributed by atoms with van der Waals surface area (Å²) in [6, 6.07) is 0. The number of rotatable bonds is 6. The topological polar surface area (TPSA) is 79.8 Å². The lowest BCUT2D eigenvalue weighted by atomic mass is 9.92. The molecule has 0 bridgehead atoms. The van der Waals surface area contributed by atoms with Crippen molar-refractivity contribution in [3.8, 4) is 0 Å². The molecule has 120 valence electrons. The summed E-state index contributed by atoms with van der Waals surface area (Å²) >= 11 is 0. The van der Waals surface area contributed by atoms with E-state index in [9.17, 15) is 4.79 Å². The molecule has 0 saturated carbocycles. The summed E-state index contributed by atoms with van der Waals surface area (Å²) in [5, 5.41) is 15.3. The van der Waals surface area contributed by atoms with Crippen molar-refractivity contribution in [3.63, 3.8) is 0 Å². The van der Waals surface area contributed by atoms with Gasteiger partial charge in [-0.1, -0.05) is 0 Å². The maximum atomic E-state index is 12.4. The van der Waals surface area contributed by atoms with Gasteiger partial charge in [-0.15, -0.1) is 0 Å². The highest BCUT2D eigenvalue weighted by Gasteiger charge is 2.27. The number of ether oxygens (including phenoxy) is 2. The lowest BCUT2D eigenvalue weighted by molar-refractivity contribution is -0.146.